The van der Waals surface area contributed by atoms with Gasteiger partial charge in [-0.2, -0.15) is 5.10 Å². The Morgan fingerprint density at radius 2 is 1.77 bits per heavy atom. The quantitative estimate of drug-likeness (QED) is 0.443. The maximum atomic E-state index is 13.3. The first kappa shape index (κ1) is 17.7. The first-order chi connectivity index (χ1) is 15.2. The molecule has 6 rings (SSSR count). The lowest BCUT2D eigenvalue weighted by Crippen LogP contribution is -2.20. The molecule has 0 radical (unpaired) electrons. The summed E-state index contributed by atoms with van der Waals surface area (Å²) in [5.74, 6) is 1.33. The lowest BCUT2D eigenvalue weighted by Gasteiger charge is -2.19. The molecule has 7 heteroatoms. The van der Waals surface area contributed by atoms with Crippen molar-refractivity contribution in [2.24, 2.45) is 0 Å². The van der Waals surface area contributed by atoms with Gasteiger partial charge in [-0.25, -0.2) is 9.50 Å². The van der Waals surface area contributed by atoms with Gasteiger partial charge in [0.15, 0.2) is 17.1 Å². The van der Waals surface area contributed by atoms with Crippen LogP contribution in [0.4, 0.5) is 0 Å². The van der Waals surface area contributed by atoms with Crippen molar-refractivity contribution in [2.45, 2.75) is 6.92 Å². The summed E-state index contributed by atoms with van der Waals surface area (Å²) in [6.07, 6.45) is 3.39. The summed E-state index contributed by atoms with van der Waals surface area (Å²) < 4.78 is 14.6. The number of aryl methyl sites for hydroxylation is 1. The Balaban J connectivity index is 1.54. The van der Waals surface area contributed by atoms with Crippen LogP contribution in [0.25, 0.3) is 33.4 Å². The van der Waals surface area contributed by atoms with Crippen LogP contribution in [0.5, 0.6) is 11.5 Å². The van der Waals surface area contributed by atoms with E-state index in [2.05, 4.69) is 10.1 Å². The van der Waals surface area contributed by atoms with Crippen LogP contribution in [0.15, 0.2) is 71.8 Å². The van der Waals surface area contributed by atoms with Crippen LogP contribution >= 0.6 is 0 Å². The Morgan fingerprint density at radius 3 is 2.61 bits per heavy atom. The molecule has 0 saturated carbocycles. The number of aromatic nitrogens is 4. The zero-order valence-corrected chi connectivity index (χ0v) is 16.8. The number of benzene rings is 2. The first-order valence-electron chi connectivity index (χ1n) is 10.1. The minimum atomic E-state index is -0.169. The van der Waals surface area contributed by atoms with Crippen LogP contribution < -0.4 is 15.0 Å². The fraction of sp³-hybridized carbons (Fsp3) is 0.125. The largest absolute Gasteiger partial charge is 0.486 e. The number of pyridine rings is 1. The van der Waals surface area contributed by atoms with Gasteiger partial charge < -0.3 is 9.47 Å². The van der Waals surface area contributed by atoms with Crippen molar-refractivity contribution in [1.82, 2.24) is 19.2 Å². The van der Waals surface area contributed by atoms with E-state index in [1.54, 1.807) is 21.5 Å². The molecule has 152 valence electrons. The molecule has 0 spiro atoms. The summed E-state index contributed by atoms with van der Waals surface area (Å²) in [6.45, 7) is 2.98. The van der Waals surface area contributed by atoms with E-state index in [0.29, 0.717) is 41.3 Å². The van der Waals surface area contributed by atoms with Crippen LogP contribution in [-0.2, 0) is 0 Å². The lowest BCUT2D eigenvalue weighted by atomic mass is 10.1. The standard InChI is InChI=1S/C24H18N4O3/c1-15-22(16-5-3-2-4-6-16)23-25-14-18-19(28(23)26-15)9-10-27(24(18)29)17-7-8-20-21(13-17)31-12-11-30-20/h2-10,13-14H,11-12H2,1H3. The first-order valence-corrected chi connectivity index (χ1v) is 10.1. The summed E-state index contributed by atoms with van der Waals surface area (Å²) in [5, 5.41) is 5.18. The van der Waals surface area contributed by atoms with Gasteiger partial charge in [0.1, 0.15) is 13.2 Å². The normalized spacial score (nSPS) is 13.1. The van der Waals surface area contributed by atoms with E-state index in [1.807, 2.05) is 61.5 Å². The third-order valence-corrected chi connectivity index (χ3v) is 5.55. The molecule has 0 fully saturated rings. The number of rotatable bonds is 2. The van der Waals surface area contributed by atoms with E-state index in [1.165, 1.54) is 0 Å². The molecule has 2 aromatic carbocycles. The number of hydrogen-bond acceptors (Lipinski definition) is 5. The monoisotopic (exact) mass is 410 g/mol. The van der Waals surface area contributed by atoms with E-state index >= 15 is 0 Å². The molecule has 3 aromatic heterocycles. The Bertz CT molecular complexity index is 1520. The van der Waals surface area contributed by atoms with E-state index < -0.39 is 0 Å². The molecule has 0 N–H and O–H groups in total. The van der Waals surface area contributed by atoms with Crippen LogP contribution in [0.3, 0.4) is 0 Å². The molecule has 4 heterocycles. The Kier molecular flexibility index (Phi) is 3.83. The van der Waals surface area contributed by atoms with Gasteiger partial charge in [0, 0.05) is 24.0 Å². The minimum Gasteiger partial charge on any atom is -0.486 e. The SMILES string of the molecule is Cc1nn2c(ncc3c(=O)n(-c4ccc5c(c4)OCCO5)ccc32)c1-c1ccccc1. The van der Waals surface area contributed by atoms with Crippen LogP contribution in [0, 0.1) is 6.92 Å². The molecule has 1 aliphatic heterocycles. The molecule has 0 saturated heterocycles. The third-order valence-electron chi connectivity index (χ3n) is 5.55. The summed E-state index contributed by atoms with van der Waals surface area (Å²) in [5.41, 5.74) is 4.87. The van der Waals surface area contributed by atoms with E-state index in [-0.39, 0.29) is 5.56 Å². The van der Waals surface area contributed by atoms with Crippen molar-refractivity contribution in [2.75, 3.05) is 13.2 Å². The van der Waals surface area contributed by atoms with Gasteiger partial charge in [0.2, 0.25) is 0 Å². The fourth-order valence-electron chi connectivity index (χ4n) is 4.10. The third kappa shape index (κ3) is 2.70. The summed E-state index contributed by atoms with van der Waals surface area (Å²) >= 11 is 0. The van der Waals surface area contributed by atoms with Crippen molar-refractivity contribution < 1.29 is 9.47 Å². The number of nitrogens with zero attached hydrogens (tertiary/aromatic N) is 4. The zero-order chi connectivity index (χ0) is 20.9. The Labute approximate surface area is 177 Å². The van der Waals surface area contributed by atoms with Crippen LogP contribution in [-0.4, -0.2) is 32.4 Å². The van der Waals surface area contributed by atoms with E-state index in [4.69, 9.17) is 9.47 Å². The predicted molar refractivity (Wildman–Crippen MR) is 117 cm³/mol. The summed E-state index contributed by atoms with van der Waals surface area (Å²) in [4.78, 5) is 17.9. The molecular formula is C24H18N4O3. The smallest absolute Gasteiger partial charge is 0.266 e. The maximum absolute atomic E-state index is 13.3. The molecule has 5 aromatic rings. The van der Waals surface area contributed by atoms with Crippen molar-refractivity contribution in [3.8, 4) is 28.3 Å². The molecule has 0 bridgehead atoms. The van der Waals surface area contributed by atoms with Gasteiger partial charge in [0.25, 0.3) is 5.56 Å². The summed E-state index contributed by atoms with van der Waals surface area (Å²) in [6, 6.07) is 17.4. The average molecular weight is 410 g/mol. The Morgan fingerprint density at radius 1 is 0.968 bits per heavy atom. The molecule has 0 amide bonds. The second-order valence-corrected chi connectivity index (χ2v) is 7.44. The van der Waals surface area contributed by atoms with Gasteiger partial charge in [-0.3, -0.25) is 9.36 Å². The van der Waals surface area contributed by atoms with Gasteiger partial charge in [-0.1, -0.05) is 30.3 Å². The van der Waals surface area contributed by atoms with Gasteiger partial charge in [-0.05, 0) is 30.7 Å². The van der Waals surface area contributed by atoms with Crippen molar-refractivity contribution in [1.29, 1.82) is 0 Å². The lowest BCUT2D eigenvalue weighted by molar-refractivity contribution is 0.171. The predicted octanol–water partition coefficient (Wildman–Crippen LogP) is 3.78. The number of fused-ring (bicyclic) bond motifs is 4. The van der Waals surface area contributed by atoms with Crippen molar-refractivity contribution in [3.63, 3.8) is 0 Å². The van der Waals surface area contributed by atoms with Gasteiger partial charge >= 0.3 is 0 Å². The van der Waals surface area contributed by atoms with Crippen molar-refractivity contribution in [3.05, 3.63) is 83.0 Å². The minimum absolute atomic E-state index is 0.169. The van der Waals surface area contributed by atoms with Crippen LogP contribution in [0.2, 0.25) is 0 Å². The van der Waals surface area contributed by atoms with Gasteiger partial charge in [-0.15, -0.1) is 0 Å². The van der Waals surface area contributed by atoms with Crippen molar-refractivity contribution >= 4 is 16.6 Å². The number of ether oxygens (including phenoxy) is 2. The second kappa shape index (κ2) is 6.70. The van der Waals surface area contributed by atoms with E-state index in [9.17, 15) is 4.79 Å². The molecule has 7 nitrogen and oxygen atoms in total. The maximum Gasteiger partial charge on any atom is 0.266 e. The fourth-order valence-corrected chi connectivity index (χ4v) is 4.10. The molecule has 31 heavy (non-hydrogen) atoms. The van der Waals surface area contributed by atoms with Gasteiger partial charge in [0.05, 0.1) is 22.3 Å². The highest BCUT2D eigenvalue weighted by Crippen LogP contribution is 2.32. The zero-order valence-electron chi connectivity index (χ0n) is 16.8. The highest BCUT2D eigenvalue weighted by Gasteiger charge is 2.17. The highest BCUT2D eigenvalue weighted by molar-refractivity contribution is 5.86. The summed E-state index contributed by atoms with van der Waals surface area (Å²) in [7, 11) is 0. The molecular weight excluding hydrogens is 392 g/mol. The molecule has 0 aliphatic carbocycles. The average Bonchev–Trinajstić information content (AvgIpc) is 3.16. The van der Waals surface area contributed by atoms with Crippen LogP contribution in [0.1, 0.15) is 5.69 Å². The van der Waals surface area contributed by atoms with E-state index in [0.717, 1.165) is 22.5 Å². The number of hydrogen-bond donors (Lipinski definition) is 0. The molecule has 0 unspecified atom stereocenters. The highest BCUT2D eigenvalue weighted by atomic mass is 16.6. The topological polar surface area (TPSA) is 70.7 Å². The molecule has 1 aliphatic rings. The second-order valence-electron chi connectivity index (χ2n) is 7.44. The molecule has 0 atom stereocenters. The Hall–Kier alpha value is -4.13.